The summed E-state index contributed by atoms with van der Waals surface area (Å²) in [5, 5.41) is 3.58. The van der Waals surface area contributed by atoms with Crippen LogP contribution in [0.1, 0.15) is 15.9 Å². The molecular weight excluding hydrogens is 250 g/mol. The SMILES string of the molecule is COc1cc(C=O)cc(OC)c1OCc1cnoc1. The molecule has 0 aliphatic heterocycles. The Labute approximate surface area is 109 Å². The summed E-state index contributed by atoms with van der Waals surface area (Å²) < 4.78 is 20.7. The van der Waals surface area contributed by atoms with Crippen LogP contribution in [0.4, 0.5) is 0 Å². The molecule has 1 aromatic heterocycles. The van der Waals surface area contributed by atoms with Crippen LogP contribution in [0.25, 0.3) is 0 Å². The van der Waals surface area contributed by atoms with Gasteiger partial charge in [0.1, 0.15) is 19.2 Å². The number of aromatic nitrogens is 1. The van der Waals surface area contributed by atoms with E-state index in [1.807, 2.05) is 0 Å². The van der Waals surface area contributed by atoms with Crippen molar-refractivity contribution in [1.29, 1.82) is 0 Å². The van der Waals surface area contributed by atoms with Crippen LogP contribution >= 0.6 is 0 Å². The summed E-state index contributed by atoms with van der Waals surface area (Å²) in [6, 6.07) is 3.16. The van der Waals surface area contributed by atoms with Crippen LogP contribution < -0.4 is 14.2 Å². The highest BCUT2D eigenvalue weighted by atomic mass is 16.5. The maximum Gasteiger partial charge on any atom is 0.203 e. The summed E-state index contributed by atoms with van der Waals surface area (Å²) >= 11 is 0. The lowest BCUT2D eigenvalue weighted by Gasteiger charge is -2.14. The zero-order chi connectivity index (χ0) is 13.7. The third-order valence-electron chi connectivity index (χ3n) is 2.49. The molecule has 0 fully saturated rings. The minimum atomic E-state index is 0.261. The predicted molar refractivity (Wildman–Crippen MR) is 65.8 cm³/mol. The van der Waals surface area contributed by atoms with Crippen molar-refractivity contribution in [1.82, 2.24) is 5.16 Å². The second-order valence-electron chi connectivity index (χ2n) is 3.69. The average molecular weight is 263 g/mol. The van der Waals surface area contributed by atoms with E-state index in [9.17, 15) is 4.79 Å². The van der Waals surface area contributed by atoms with E-state index in [4.69, 9.17) is 18.7 Å². The minimum absolute atomic E-state index is 0.261. The average Bonchev–Trinajstić information content (AvgIpc) is 2.97. The van der Waals surface area contributed by atoms with Crippen LogP contribution in [0.5, 0.6) is 17.2 Å². The van der Waals surface area contributed by atoms with Crippen LogP contribution in [0.2, 0.25) is 0 Å². The van der Waals surface area contributed by atoms with Gasteiger partial charge in [0.15, 0.2) is 11.5 Å². The third-order valence-corrected chi connectivity index (χ3v) is 2.49. The van der Waals surface area contributed by atoms with Crippen molar-refractivity contribution in [2.24, 2.45) is 0 Å². The molecule has 6 heteroatoms. The normalized spacial score (nSPS) is 10.0. The first-order valence-corrected chi connectivity index (χ1v) is 5.50. The monoisotopic (exact) mass is 263 g/mol. The van der Waals surface area contributed by atoms with Crippen molar-refractivity contribution < 1.29 is 23.5 Å². The Morgan fingerprint density at radius 3 is 2.42 bits per heavy atom. The molecule has 0 saturated heterocycles. The molecule has 2 aromatic rings. The second kappa shape index (κ2) is 5.90. The molecule has 0 aliphatic rings. The van der Waals surface area contributed by atoms with Gasteiger partial charge >= 0.3 is 0 Å². The first-order chi connectivity index (χ1) is 9.28. The standard InChI is InChI=1S/C13H13NO5/c1-16-11-3-9(6-15)4-12(17-2)13(11)18-7-10-5-14-19-8-10/h3-6,8H,7H2,1-2H3. The molecule has 100 valence electrons. The van der Waals surface area contributed by atoms with Gasteiger partial charge in [-0.25, -0.2) is 0 Å². The van der Waals surface area contributed by atoms with Crippen LogP contribution in [-0.2, 0) is 6.61 Å². The van der Waals surface area contributed by atoms with Gasteiger partial charge in [0.05, 0.1) is 20.4 Å². The summed E-state index contributed by atoms with van der Waals surface area (Å²) in [6.45, 7) is 0.261. The van der Waals surface area contributed by atoms with Crippen molar-refractivity contribution >= 4 is 6.29 Å². The van der Waals surface area contributed by atoms with E-state index < -0.39 is 0 Å². The van der Waals surface area contributed by atoms with Crippen molar-refractivity contribution in [3.05, 3.63) is 35.7 Å². The Balaban J connectivity index is 2.28. The fraction of sp³-hybridized carbons (Fsp3) is 0.231. The molecule has 0 spiro atoms. The van der Waals surface area contributed by atoms with Gasteiger partial charge in [-0.1, -0.05) is 5.16 Å². The molecule has 0 amide bonds. The largest absolute Gasteiger partial charge is 0.493 e. The van der Waals surface area contributed by atoms with Gasteiger partial charge in [-0.3, -0.25) is 4.79 Å². The van der Waals surface area contributed by atoms with Crippen LogP contribution in [-0.4, -0.2) is 25.7 Å². The molecular formula is C13H13NO5. The van der Waals surface area contributed by atoms with Gasteiger partial charge in [0, 0.05) is 11.1 Å². The van der Waals surface area contributed by atoms with Gasteiger partial charge < -0.3 is 18.7 Å². The zero-order valence-corrected chi connectivity index (χ0v) is 10.6. The Morgan fingerprint density at radius 1 is 1.26 bits per heavy atom. The Bertz CT molecular complexity index is 525. The first kappa shape index (κ1) is 12.9. The molecule has 0 N–H and O–H groups in total. The van der Waals surface area contributed by atoms with Gasteiger partial charge in [0.25, 0.3) is 0 Å². The molecule has 1 heterocycles. The molecule has 0 saturated carbocycles. The third kappa shape index (κ3) is 2.85. The smallest absolute Gasteiger partial charge is 0.203 e. The summed E-state index contributed by atoms with van der Waals surface area (Å²) in [7, 11) is 2.99. The highest BCUT2D eigenvalue weighted by Gasteiger charge is 2.14. The number of hydrogen-bond donors (Lipinski definition) is 0. The van der Waals surface area contributed by atoms with E-state index in [0.29, 0.717) is 22.8 Å². The molecule has 0 atom stereocenters. The molecule has 0 radical (unpaired) electrons. The number of hydrogen-bond acceptors (Lipinski definition) is 6. The summed E-state index contributed by atoms with van der Waals surface area (Å²) in [5.41, 5.74) is 1.23. The maximum atomic E-state index is 10.8. The number of methoxy groups -OCH3 is 2. The molecule has 19 heavy (non-hydrogen) atoms. The summed E-state index contributed by atoms with van der Waals surface area (Å²) in [4.78, 5) is 10.8. The van der Waals surface area contributed by atoms with Crippen molar-refractivity contribution in [3.8, 4) is 17.2 Å². The summed E-state index contributed by atoms with van der Waals surface area (Å²) in [6.07, 6.45) is 3.76. The number of nitrogens with zero attached hydrogens (tertiary/aromatic N) is 1. The van der Waals surface area contributed by atoms with E-state index in [1.54, 1.807) is 18.3 Å². The fourth-order valence-corrected chi connectivity index (χ4v) is 1.56. The molecule has 0 unspecified atom stereocenters. The van der Waals surface area contributed by atoms with E-state index in [2.05, 4.69) is 5.16 Å². The van der Waals surface area contributed by atoms with Crippen molar-refractivity contribution in [3.63, 3.8) is 0 Å². The van der Waals surface area contributed by atoms with Gasteiger partial charge in [-0.15, -0.1) is 0 Å². The lowest BCUT2D eigenvalue weighted by molar-refractivity contribution is 0.112. The zero-order valence-electron chi connectivity index (χ0n) is 10.6. The Morgan fingerprint density at radius 2 is 1.95 bits per heavy atom. The molecule has 0 aliphatic carbocycles. The van der Waals surface area contributed by atoms with E-state index >= 15 is 0 Å². The number of carbonyl (C=O) groups excluding carboxylic acids is 1. The number of carbonyl (C=O) groups is 1. The highest BCUT2D eigenvalue weighted by molar-refractivity contribution is 5.78. The molecule has 1 aromatic carbocycles. The topological polar surface area (TPSA) is 70.8 Å². The van der Waals surface area contributed by atoms with Gasteiger partial charge in [0.2, 0.25) is 5.75 Å². The van der Waals surface area contributed by atoms with E-state index in [0.717, 1.165) is 11.8 Å². The van der Waals surface area contributed by atoms with Crippen molar-refractivity contribution in [2.75, 3.05) is 14.2 Å². The Kier molecular flexibility index (Phi) is 4.02. The van der Waals surface area contributed by atoms with Gasteiger partial charge in [-0.2, -0.15) is 0 Å². The van der Waals surface area contributed by atoms with E-state index in [-0.39, 0.29) is 6.61 Å². The van der Waals surface area contributed by atoms with Gasteiger partial charge in [-0.05, 0) is 12.1 Å². The van der Waals surface area contributed by atoms with E-state index in [1.165, 1.54) is 20.5 Å². The lowest BCUT2D eigenvalue weighted by Crippen LogP contribution is -2.00. The number of ether oxygens (including phenoxy) is 3. The van der Waals surface area contributed by atoms with Crippen LogP contribution in [0.15, 0.2) is 29.1 Å². The minimum Gasteiger partial charge on any atom is -0.493 e. The van der Waals surface area contributed by atoms with Crippen molar-refractivity contribution in [2.45, 2.75) is 6.61 Å². The number of rotatable bonds is 6. The molecule has 6 nitrogen and oxygen atoms in total. The van der Waals surface area contributed by atoms with Crippen LogP contribution in [0, 0.1) is 0 Å². The number of benzene rings is 1. The molecule has 2 rings (SSSR count). The predicted octanol–water partition coefficient (Wildman–Crippen LogP) is 2.08. The fourth-order valence-electron chi connectivity index (χ4n) is 1.56. The first-order valence-electron chi connectivity index (χ1n) is 5.50. The number of aldehydes is 1. The lowest BCUT2D eigenvalue weighted by atomic mass is 10.2. The summed E-state index contributed by atoms with van der Waals surface area (Å²) in [5.74, 6) is 1.28. The quantitative estimate of drug-likeness (QED) is 0.743. The van der Waals surface area contributed by atoms with Crippen LogP contribution in [0.3, 0.4) is 0 Å². The highest BCUT2D eigenvalue weighted by Crippen LogP contribution is 2.38. The second-order valence-corrected chi connectivity index (χ2v) is 3.69. The maximum absolute atomic E-state index is 10.8. The Hall–Kier alpha value is -2.50. The molecule has 0 bridgehead atoms.